The first-order valence-electron chi connectivity index (χ1n) is 14.4. The van der Waals surface area contributed by atoms with Gasteiger partial charge in [0.25, 0.3) is 0 Å². The third-order valence-corrected chi connectivity index (χ3v) is 9.91. The topological polar surface area (TPSA) is 185 Å². The normalized spacial score (nSPS) is 25.4. The molecule has 0 aromatic rings. The Hall–Kier alpha value is -1.85. The van der Waals surface area contributed by atoms with Crippen LogP contribution in [0.15, 0.2) is 0 Å². The summed E-state index contributed by atoms with van der Waals surface area (Å²) in [5.74, 6) is -3.07. The molecule has 12 nitrogen and oxygen atoms in total. The predicted octanol–water partition coefficient (Wildman–Crippen LogP) is 3.22. The minimum atomic E-state index is -4.63. The Morgan fingerprint density at radius 1 is 1.05 bits per heavy atom. The molecule has 4 amide bonds. The molecule has 1 heterocycles. The molecule has 2 rings (SSSR count). The number of nitrogens with zero attached hydrogens (tertiary/aromatic N) is 1. The number of likely N-dealkylation sites (tertiary alicyclic amines) is 1. The zero-order chi connectivity index (χ0) is 29.2. The third-order valence-electron chi connectivity index (χ3n) is 8.12. The second-order valence-electron chi connectivity index (χ2n) is 11.0. The van der Waals surface area contributed by atoms with Crippen molar-refractivity contribution in [2.45, 2.75) is 122 Å². The molecule has 224 valence electrons. The van der Waals surface area contributed by atoms with E-state index < -0.39 is 54.0 Å². The van der Waals surface area contributed by atoms with Crippen LogP contribution in [0.2, 0.25) is 0 Å². The number of rotatable bonds is 15. The lowest BCUT2D eigenvalue weighted by atomic mass is 10.0. The second kappa shape index (κ2) is 15.2. The molecule has 39 heavy (non-hydrogen) atoms. The van der Waals surface area contributed by atoms with Gasteiger partial charge in [0, 0.05) is 18.8 Å². The average molecular weight is 576 g/mol. The molecule has 6 N–H and O–H groups in total. The zero-order valence-corrected chi connectivity index (χ0v) is 24.5. The summed E-state index contributed by atoms with van der Waals surface area (Å²) < 4.78 is 18.0. The van der Waals surface area contributed by atoms with Crippen LogP contribution in [0.4, 0.5) is 4.79 Å². The largest absolute Gasteiger partial charge is 0.521 e. The first-order chi connectivity index (χ1) is 18.4. The molecule has 1 saturated heterocycles. The molecule has 0 radical (unpaired) electrons. The molecule has 3 unspecified atom stereocenters. The van der Waals surface area contributed by atoms with E-state index in [1.807, 2.05) is 6.92 Å². The van der Waals surface area contributed by atoms with Gasteiger partial charge in [-0.3, -0.25) is 18.7 Å². The van der Waals surface area contributed by atoms with Crippen LogP contribution in [0.25, 0.3) is 0 Å². The number of quaternary nitrogens is 1. The van der Waals surface area contributed by atoms with Crippen LogP contribution in [-0.2, 0) is 23.5 Å². The highest BCUT2D eigenvalue weighted by Crippen LogP contribution is 2.50. The highest BCUT2D eigenvalue weighted by Gasteiger charge is 2.55. The number of nitrogens with two attached hydrogens (primary N) is 1. The van der Waals surface area contributed by atoms with Crippen molar-refractivity contribution in [2.24, 2.45) is 11.7 Å². The SMILES string of the molecule is CCCC[C@@H](NC(=O)[C@H](CCCCN)NC(=O)C1CCCC1)P(=O)(O)OC(C)C(=O)[N+]1(C(=O)O)CCC[C@H]1C. The number of unbranched alkanes of at least 4 members (excludes halogenated alkanes) is 2. The number of hydrogen-bond donors (Lipinski definition) is 5. The smallest absolute Gasteiger partial charge is 0.435 e. The van der Waals surface area contributed by atoms with Crippen molar-refractivity contribution in [3.05, 3.63) is 0 Å². The summed E-state index contributed by atoms with van der Waals surface area (Å²) in [6.07, 6.45) is 4.58. The molecule has 1 aliphatic carbocycles. The Kier molecular flexibility index (Phi) is 13.0. The molecule has 1 aliphatic heterocycles. The number of hydrogen-bond acceptors (Lipinski definition) is 7. The highest BCUT2D eigenvalue weighted by atomic mass is 31.2. The number of imide groups is 1. The van der Waals surface area contributed by atoms with Crippen molar-refractivity contribution >= 4 is 31.4 Å². The van der Waals surface area contributed by atoms with Gasteiger partial charge in [0.2, 0.25) is 11.8 Å². The van der Waals surface area contributed by atoms with Gasteiger partial charge in [-0.15, -0.1) is 0 Å². The molecule has 0 aromatic heterocycles. The van der Waals surface area contributed by atoms with Crippen LogP contribution in [0.3, 0.4) is 0 Å². The van der Waals surface area contributed by atoms with E-state index in [1.165, 1.54) is 6.92 Å². The van der Waals surface area contributed by atoms with E-state index in [1.54, 1.807) is 6.92 Å². The summed E-state index contributed by atoms with van der Waals surface area (Å²) in [7, 11) is -4.63. The van der Waals surface area contributed by atoms with Gasteiger partial charge in [0.1, 0.15) is 17.9 Å². The number of amides is 4. The molecule has 0 aromatic carbocycles. The summed E-state index contributed by atoms with van der Waals surface area (Å²) in [4.78, 5) is 62.4. The number of carbonyl (C=O) groups is 4. The van der Waals surface area contributed by atoms with Crippen LogP contribution in [-0.4, -0.2) is 75.4 Å². The maximum atomic E-state index is 13.5. The second-order valence-corrected chi connectivity index (χ2v) is 13.0. The van der Waals surface area contributed by atoms with Crippen molar-refractivity contribution < 1.29 is 42.7 Å². The fraction of sp³-hybridized carbons (Fsp3) is 0.846. The minimum Gasteiger partial charge on any atom is -0.435 e. The van der Waals surface area contributed by atoms with Gasteiger partial charge in [-0.2, -0.15) is 9.28 Å². The lowest BCUT2D eigenvalue weighted by Gasteiger charge is -2.33. The predicted molar refractivity (Wildman–Crippen MR) is 145 cm³/mol. The fourth-order valence-electron chi connectivity index (χ4n) is 5.67. The Morgan fingerprint density at radius 3 is 2.26 bits per heavy atom. The minimum absolute atomic E-state index is 0.0833. The van der Waals surface area contributed by atoms with Crippen LogP contribution in [0, 0.1) is 5.92 Å². The Morgan fingerprint density at radius 2 is 1.72 bits per heavy atom. The van der Waals surface area contributed by atoms with Crippen molar-refractivity contribution in [3.8, 4) is 0 Å². The Bertz CT molecular complexity index is 912. The molecule has 13 heteroatoms. The van der Waals surface area contributed by atoms with E-state index in [9.17, 15) is 33.7 Å². The lowest BCUT2D eigenvalue weighted by Crippen LogP contribution is -2.61. The van der Waals surface area contributed by atoms with Crippen LogP contribution in [0.1, 0.15) is 97.8 Å². The first kappa shape index (κ1) is 33.4. The summed E-state index contributed by atoms with van der Waals surface area (Å²) in [6.45, 7) is 5.35. The van der Waals surface area contributed by atoms with E-state index in [2.05, 4.69) is 10.6 Å². The van der Waals surface area contributed by atoms with Crippen molar-refractivity contribution in [1.82, 2.24) is 10.6 Å². The molecule has 0 spiro atoms. The lowest BCUT2D eigenvalue weighted by molar-refractivity contribution is -0.793. The average Bonchev–Trinajstić information content (AvgIpc) is 3.55. The van der Waals surface area contributed by atoms with Crippen molar-refractivity contribution in [3.63, 3.8) is 0 Å². The van der Waals surface area contributed by atoms with Gasteiger partial charge in [0.15, 0.2) is 6.10 Å². The highest BCUT2D eigenvalue weighted by molar-refractivity contribution is 7.53. The van der Waals surface area contributed by atoms with Crippen molar-refractivity contribution in [2.75, 3.05) is 13.1 Å². The maximum Gasteiger partial charge on any atom is 0.521 e. The molecule has 2 aliphatic rings. The molecule has 2 fully saturated rings. The fourth-order valence-corrected chi connectivity index (χ4v) is 7.16. The van der Waals surface area contributed by atoms with Gasteiger partial charge < -0.3 is 26.4 Å². The van der Waals surface area contributed by atoms with Crippen LogP contribution in [0.5, 0.6) is 0 Å². The number of carbonyl (C=O) groups excluding carboxylic acids is 3. The van der Waals surface area contributed by atoms with Crippen LogP contribution < -0.4 is 16.4 Å². The van der Waals surface area contributed by atoms with Crippen LogP contribution >= 0.6 is 7.60 Å². The standard InChI is InChI=1S/C26H47N4O8P/c1-4-5-15-22(29-24(32)21(14-8-9-16-27)28-23(31)20-12-6-7-13-20)39(36,37)38-19(3)25(33)30(26(34)35)17-10-11-18(30)2/h18-22H,4-17,27H2,1-3H3,(H3-,28,29,31,32,34,35,36,37)/p+1/t18-,19?,21+,22+,30?/m1/s1. The summed E-state index contributed by atoms with van der Waals surface area (Å²) in [5.41, 5.74) is 5.60. The van der Waals surface area contributed by atoms with E-state index in [0.29, 0.717) is 51.5 Å². The van der Waals surface area contributed by atoms with E-state index >= 15 is 0 Å². The van der Waals surface area contributed by atoms with Gasteiger partial charge in [-0.25, -0.2) is 4.79 Å². The van der Waals surface area contributed by atoms with Gasteiger partial charge in [0.05, 0.1) is 6.54 Å². The van der Waals surface area contributed by atoms with E-state index in [4.69, 9.17) is 10.3 Å². The number of nitrogens with one attached hydrogen (secondary N) is 2. The summed E-state index contributed by atoms with van der Waals surface area (Å²) in [6, 6.07) is -1.40. The van der Waals surface area contributed by atoms with E-state index in [0.717, 1.165) is 25.7 Å². The summed E-state index contributed by atoms with van der Waals surface area (Å²) in [5, 5.41) is 15.3. The van der Waals surface area contributed by atoms with Gasteiger partial charge >= 0.3 is 19.6 Å². The van der Waals surface area contributed by atoms with Crippen molar-refractivity contribution in [1.29, 1.82) is 0 Å². The quantitative estimate of drug-likeness (QED) is 0.111. The molecule has 1 saturated carbocycles. The number of carboxylic acid groups (broad SMARTS) is 1. The zero-order valence-electron chi connectivity index (χ0n) is 23.6. The third kappa shape index (κ3) is 8.57. The maximum absolute atomic E-state index is 13.5. The summed E-state index contributed by atoms with van der Waals surface area (Å²) >= 11 is 0. The van der Waals surface area contributed by atoms with Gasteiger partial charge in [-0.05, 0) is 58.9 Å². The van der Waals surface area contributed by atoms with E-state index in [-0.39, 0.29) is 24.8 Å². The monoisotopic (exact) mass is 575 g/mol. The first-order valence-corrected chi connectivity index (χ1v) is 16.0. The molecule has 6 atom stereocenters. The Labute approximate surface area is 231 Å². The molecule has 0 bridgehead atoms. The molecular weight excluding hydrogens is 527 g/mol. The Balaban J connectivity index is 2.18. The van der Waals surface area contributed by atoms with Gasteiger partial charge in [-0.1, -0.05) is 32.6 Å². The molecular formula is C26H48N4O8P+.